The normalized spacial score (nSPS) is 20.1. The third-order valence-corrected chi connectivity index (χ3v) is 7.76. The predicted molar refractivity (Wildman–Crippen MR) is 192 cm³/mol. The molecule has 0 bridgehead atoms. The van der Waals surface area contributed by atoms with Crippen LogP contribution in [0.25, 0.3) is 98.1 Å². The van der Waals surface area contributed by atoms with Crippen molar-refractivity contribution < 1.29 is 40.1 Å². The minimum absolute atomic E-state index is 0.473. The van der Waals surface area contributed by atoms with Crippen LogP contribution in [0.2, 0.25) is 0 Å². The van der Waals surface area contributed by atoms with Crippen molar-refractivity contribution in [2.24, 2.45) is 0 Å². The van der Waals surface area contributed by atoms with Crippen molar-refractivity contribution in [3.63, 3.8) is 0 Å². The summed E-state index contributed by atoms with van der Waals surface area (Å²) in [7, 11) is 0. The Kier molecular flexibility index (Phi) is 2.13. The molecule has 1 aromatic heterocycles. The van der Waals surface area contributed by atoms with Crippen molar-refractivity contribution in [2.45, 2.75) is 0 Å². The van der Waals surface area contributed by atoms with E-state index in [1.165, 1.54) is 0 Å². The minimum Gasteiger partial charge on any atom is -0.456 e. The second-order valence-electron chi connectivity index (χ2n) is 10.0. The van der Waals surface area contributed by atoms with Gasteiger partial charge >= 0.3 is 0 Å². The number of hydrogen-bond donors (Lipinski definition) is 0. The van der Waals surface area contributed by atoms with Gasteiger partial charge in [0.15, 0.2) is 0 Å². The molecule has 0 saturated carbocycles. The van der Waals surface area contributed by atoms with E-state index in [0.717, 1.165) is 0 Å². The van der Waals surface area contributed by atoms with Gasteiger partial charge in [0.1, 0.15) is 11.2 Å². The molecule has 0 amide bonds. The molecule has 208 valence electrons. The lowest BCUT2D eigenvalue weighted by Gasteiger charge is -2.20. The van der Waals surface area contributed by atoms with E-state index >= 15 is 0 Å². The molecule has 10 rings (SSSR count). The van der Waals surface area contributed by atoms with Crippen LogP contribution in [-0.2, 0) is 0 Å². The van der Waals surface area contributed by atoms with Gasteiger partial charge in [-0.1, -0.05) is 139 Å². The lowest BCUT2D eigenvalue weighted by atomic mass is 9.83. The third kappa shape index (κ3) is 3.44. The van der Waals surface area contributed by atoms with Gasteiger partial charge in [-0.2, -0.15) is 0 Å². The monoisotopic (exact) mass is 596 g/mol. The summed E-state index contributed by atoms with van der Waals surface area (Å²) >= 11 is 0. The maximum absolute atomic E-state index is 10.0. The van der Waals surface area contributed by atoms with Crippen LogP contribution in [0.5, 0.6) is 0 Å². The van der Waals surface area contributed by atoms with Crippen molar-refractivity contribution >= 4 is 75.8 Å². The summed E-state index contributed by atoms with van der Waals surface area (Å²) in [6, 6.07) is -23.4. The average Bonchev–Trinajstić information content (AvgIpc) is 3.74. The Morgan fingerprint density at radius 3 is 1.56 bits per heavy atom. The zero-order chi connectivity index (χ0) is 52.1. The first-order chi connectivity index (χ1) is 33.2. The SMILES string of the molecule is [2H]c1c([2H])c([2H])c2c(oc3c([2H])c([2H])c([2H])c(-c4c5c([2H])c([2H])c([2H])c([2H])c5c(-c5c([2H])c6c([2H])c([2H])c7c([2H])c([2H])c([2H])c([2H])c7c6c6c([2H])c([2H])c([2H])c([2H])c56)c5c([2H])c([2H])c([2H])c([2H])c45)c32)c1[2H]. The number of hydrogen-bond acceptors (Lipinski definition) is 1. The molecule has 10 aromatic rings. The lowest BCUT2D eigenvalue weighted by Crippen LogP contribution is -1.93. The maximum atomic E-state index is 10.0. The van der Waals surface area contributed by atoms with E-state index in [1.54, 1.807) is 0 Å². The summed E-state index contributed by atoms with van der Waals surface area (Å²) in [5, 5.41) is -7.34. The summed E-state index contributed by atoms with van der Waals surface area (Å²) in [6.07, 6.45) is 0. The molecule has 0 aliphatic heterocycles. The molecule has 0 aliphatic rings. The highest BCUT2D eigenvalue weighted by Crippen LogP contribution is 2.49. The van der Waals surface area contributed by atoms with Crippen molar-refractivity contribution in [1.82, 2.24) is 0 Å². The standard InChI is InChI=1S/C44H26O/c1-2-13-29-27(12-1)24-25-28-26-38(30-14-3-4-15-31(30)41(28)29)43-34-18-7-5-16-32(34)42(33-17-6-8-19-35(33)43)37-21-11-23-40-44(37)36-20-9-10-22-39(36)45-40/h1-26H/i1D,2D,3D,4D,5D,6D,7D,8D,9D,10D,11D,12D,13D,14D,15D,16D,17D,18D,19D,20D,21D,22D,23D,24D,25D,26D. The summed E-state index contributed by atoms with van der Waals surface area (Å²) in [4.78, 5) is 0. The fourth-order valence-electron chi connectivity index (χ4n) is 5.98. The molecule has 0 radical (unpaired) electrons. The maximum Gasteiger partial charge on any atom is 0.136 e. The number of fused-ring (bicyclic) bond motifs is 10. The molecule has 9 aromatic carbocycles. The highest BCUT2D eigenvalue weighted by atomic mass is 16.3. The quantitative estimate of drug-likeness (QED) is 0.143. The molecular weight excluding hydrogens is 544 g/mol. The van der Waals surface area contributed by atoms with E-state index in [-0.39, 0.29) is 0 Å². The van der Waals surface area contributed by atoms with Gasteiger partial charge in [0.05, 0.1) is 35.6 Å². The molecule has 45 heavy (non-hydrogen) atoms. The Labute approximate surface area is 296 Å². The number of rotatable bonds is 2. The van der Waals surface area contributed by atoms with Crippen LogP contribution in [0.1, 0.15) is 35.6 Å². The van der Waals surface area contributed by atoms with Gasteiger partial charge in [-0.25, -0.2) is 0 Å². The van der Waals surface area contributed by atoms with E-state index in [1.807, 2.05) is 0 Å². The van der Waals surface area contributed by atoms with E-state index < -0.39 is 255 Å². The molecule has 1 nitrogen and oxygen atoms in total. The van der Waals surface area contributed by atoms with Crippen LogP contribution in [0.3, 0.4) is 0 Å². The lowest BCUT2D eigenvalue weighted by molar-refractivity contribution is 0.669. The molecule has 0 spiro atoms. The first-order valence-electron chi connectivity index (χ1n) is 26.4. The zero-order valence-corrected chi connectivity index (χ0v) is 22.4. The summed E-state index contributed by atoms with van der Waals surface area (Å²) in [5.41, 5.74) is -3.94. The van der Waals surface area contributed by atoms with Crippen LogP contribution in [0.4, 0.5) is 0 Å². The summed E-state index contributed by atoms with van der Waals surface area (Å²) in [6.45, 7) is 0. The summed E-state index contributed by atoms with van der Waals surface area (Å²) < 4.78 is 241. The Bertz CT molecular complexity index is 4210. The van der Waals surface area contributed by atoms with E-state index in [4.69, 9.17) is 27.7 Å². The molecule has 0 saturated heterocycles. The fraction of sp³-hybridized carbons (Fsp3) is 0. The van der Waals surface area contributed by atoms with Crippen LogP contribution in [0.15, 0.2) is 162 Å². The van der Waals surface area contributed by atoms with E-state index in [9.17, 15) is 12.3 Å². The molecule has 0 N–H and O–H groups in total. The zero-order valence-electron chi connectivity index (χ0n) is 48.4. The fourth-order valence-corrected chi connectivity index (χ4v) is 5.98. The van der Waals surface area contributed by atoms with Crippen molar-refractivity contribution in [3.8, 4) is 22.3 Å². The molecular formula is C44H26O. The second-order valence-corrected chi connectivity index (χ2v) is 10.0. The van der Waals surface area contributed by atoms with Gasteiger partial charge < -0.3 is 4.42 Å². The Balaban J connectivity index is 1.63. The van der Waals surface area contributed by atoms with Gasteiger partial charge in [0.25, 0.3) is 0 Å². The number of para-hydroxylation sites is 1. The van der Waals surface area contributed by atoms with Crippen LogP contribution >= 0.6 is 0 Å². The first kappa shape index (κ1) is 10.3. The third-order valence-electron chi connectivity index (χ3n) is 7.76. The highest BCUT2D eigenvalue weighted by Gasteiger charge is 2.21. The van der Waals surface area contributed by atoms with Gasteiger partial charge in [-0.3, -0.25) is 0 Å². The molecule has 1 heterocycles. The van der Waals surface area contributed by atoms with Crippen molar-refractivity contribution in [3.05, 3.63) is 157 Å². The van der Waals surface area contributed by atoms with Crippen LogP contribution in [-0.4, -0.2) is 0 Å². The minimum atomic E-state index is -0.995. The van der Waals surface area contributed by atoms with Crippen molar-refractivity contribution in [2.75, 3.05) is 0 Å². The molecule has 0 unspecified atom stereocenters. The molecule has 1 heteroatoms. The Hall–Kier alpha value is -5.92. The van der Waals surface area contributed by atoms with Gasteiger partial charge in [-0.05, 0) is 94.2 Å². The topological polar surface area (TPSA) is 13.1 Å². The van der Waals surface area contributed by atoms with Crippen LogP contribution < -0.4 is 0 Å². The number of benzene rings is 9. The molecule has 0 aliphatic carbocycles. The first-order valence-corrected chi connectivity index (χ1v) is 13.4. The van der Waals surface area contributed by atoms with Crippen molar-refractivity contribution in [1.29, 1.82) is 0 Å². The van der Waals surface area contributed by atoms with E-state index in [2.05, 4.69) is 0 Å². The average molecular weight is 597 g/mol. The molecule has 0 fully saturated rings. The predicted octanol–water partition coefficient (Wildman–Crippen LogP) is 12.7. The smallest absolute Gasteiger partial charge is 0.136 e. The van der Waals surface area contributed by atoms with Gasteiger partial charge in [0, 0.05) is 10.8 Å². The Morgan fingerprint density at radius 1 is 0.333 bits per heavy atom. The second kappa shape index (κ2) is 9.29. The Morgan fingerprint density at radius 2 is 0.844 bits per heavy atom. The van der Waals surface area contributed by atoms with Crippen LogP contribution in [0, 0.1) is 0 Å². The van der Waals surface area contributed by atoms with Gasteiger partial charge in [-0.15, -0.1) is 0 Å². The largest absolute Gasteiger partial charge is 0.456 e. The number of furan rings is 1. The molecule has 0 atom stereocenters. The van der Waals surface area contributed by atoms with Gasteiger partial charge in [0.2, 0.25) is 0 Å². The highest BCUT2D eigenvalue weighted by molar-refractivity contribution is 6.30. The van der Waals surface area contributed by atoms with E-state index in [0.29, 0.717) is 0 Å². The summed E-state index contributed by atoms with van der Waals surface area (Å²) in [5.74, 6) is 0.